The molecule has 1 aliphatic carbocycles. The van der Waals surface area contributed by atoms with Crippen LogP contribution in [0.1, 0.15) is 46.8 Å². The van der Waals surface area contributed by atoms with Crippen molar-refractivity contribution in [1.29, 1.82) is 0 Å². The van der Waals surface area contributed by atoms with Crippen molar-refractivity contribution in [2.75, 3.05) is 39.0 Å². The molecule has 0 spiro atoms. The number of thiophene rings is 1. The van der Waals surface area contributed by atoms with Gasteiger partial charge in [-0.3, -0.25) is 0 Å². The van der Waals surface area contributed by atoms with Gasteiger partial charge in [-0.1, -0.05) is 6.07 Å². The topological polar surface area (TPSA) is 53.1 Å². The Morgan fingerprint density at radius 3 is 2.84 bits per heavy atom. The van der Waals surface area contributed by atoms with Gasteiger partial charge in [-0.25, -0.2) is 9.97 Å². The Balaban J connectivity index is 1.59. The van der Waals surface area contributed by atoms with E-state index in [0.29, 0.717) is 12.0 Å². The first-order valence-electron chi connectivity index (χ1n) is 9.26. The fourth-order valence-corrected chi connectivity index (χ4v) is 4.37. The summed E-state index contributed by atoms with van der Waals surface area (Å²) in [6.45, 7) is 2.90. The predicted molar refractivity (Wildman–Crippen MR) is 104 cm³/mol. The van der Waals surface area contributed by atoms with Crippen molar-refractivity contribution < 1.29 is 0 Å². The number of likely N-dealkylation sites (N-methyl/N-ethyl adjacent to an activating group) is 1. The molecule has 5 nitrogen and oxygen atoms in total. The Bertz CT molecular complexity index is 709. The highest BCUT2D eigenvalue weighted by atomic mass is 32.1. The van der Waals surface area contributed by atoms with Gasteiger partial charge >= 0.3 is 0 Å². The molecule has 1 atom stereocenters. The lowest BCUT2D eigenvalue weighted by Gasteiger charge is -2.25. The van der Waals surface area contributed by atoms with Crippen LogP contribution in [-0.2, 0) is 12.8 Å². The summed E-state index contributed by atoms with van der Waals surface area (Å²) in [6, 6.07) is 4.71. The molecule has 2 N–H and O–H groups in total. The van der Waals surface area contributed by atoms with Crippen LogP contribution in [0.3, 0.4) is 0 Å². The SMILES string of the molecule is CN(C)C(CNc1nc(C2CC2)nc2c1CCNCC2)c1cccs1. The molecule has 6 heteroatoms. The summed E-state index contributed by atoms with van der Waals surface area (Å²) in [5.41, 5.74) is 2.57. The molecule has 3 heterocycles. The molecule has 1 saturated carbocycles. The highest BCUT2D eigenvalue weighted by Crippen LogP contribution is 2.39. The summed E-state index contributed by atoms with van der Waals surface area (Å²) >= 11 is 1.82. The molecule has 0 radical (unpaired) electrons. The maximum Gasteiger partial charge on any atom is 0.134 e. The Morgan fingerprint density at radius 1 is 1.28 bits per heavy atom. The third-order valence-electron chi connectivity index (χ3n) is 5.10. The van der Waals surface area contributed by atoms with Crippen molar-refractivity contribution in [2.45, 2.75) is 37.6 Å². The molecule has 0 amide bonds. The average molecular weight is 358 g/mol. The average Bonchev–Trinajstić information content (AvgIpc) is 3.36. The normalized spacial score (nSPS) is 18.7. The number of anilines is 1. The van der Waals surface area contributed by atoms with E-state index in [2.05, 4.69) is 47.1 Å². The maximum atomic E-state index is 4.94. The number of nitrogens with one attached hydrogen (secondary N) is 2. The fraction of sp³-hybridized carbons (Fsp3) is 0.579. The van der Waals surface area contributed by atoms with Gasteiger partial charge in [-0.15, -0.1) is 11.3 Å². The standard InChI is InChI=1S/C19H27N5S/c1-24(2)16(17-4-3-11-25-17)12-21-19-14-7-9-20-10-8-15(14)22-18(23-19)13-5-6-13/h3-4,11,13,16,20H,5-10,12H2,1-2H3,(H,21,22,23). The Kier molecular flexibility index (Phi) is 5.01. The van der Waals surface area contributed by atoms with E-state index in [1.807, 2.05) is 11.3 Å². The van der Waals surface area contributed by atoms with Crippen molar-refractivity contribution in [2.24, 2.45) is 0 Å². The lowest BCUT2D eigenvalue weighted by atomic mass is 10.1. The molecule has 2 aliphatic rings. The molecule has 2 aromatic heterocycles. The van der Waals surface area contributed by atoms with Gasteiger partial charge in [0, 0.05) is 35.9 Å². The summed E-state index contributed by atoms with van der Waals surface area (Å²) in [7, 11) is 4.29. The zero-order valence-electron chi connectivity index (χ0n) is 15.1. The monoisotopic (exact) mass is 357 g/mol. The van der Waals surface area contributed by atoms with Crippen LogP contribution < -0.4 is 10.6 Å². The van der Waals surface area contributed by atoms with E-state index in [9.17, 15) is 0 Å². The first kappa shape index (κ1) is 16.9. The van der Waals surface area contributed by atoms with Crippen LogP contribution in [0, 0.1) is 0 Å². The smallest absolute Gasteiger partial charge is 0.134 e. The number of hydrogen-bond acceptors (Lipinski definition) is 6. The molecular formula is C19H27N5S. The number of fused-ring (bicyclic) bond motifs is 1. The van der Waals surface area contributed by atoms with Gasteiger partial charge in [-0.05, 0) is 51.3 Å². The van der Waals surface area contributed by atoms with E-state index in [0.717, 1.165) is 44.1 Å². The van der Waals surface area contributed by atoms with Gasteiger partial charge in [0.25, 0.3) is 0 Å². The number of rotatable bonds is 6. The van der Waals surface area contributed by atoms with Crippen molar-refractivity contribution in [1.82, 2.24) is 20.2 Å². The molecule has 1 aliphatic heterocycles. The number of aromatic nitrogens is 2. The van der Waals surface area contributed by atoms with Crippen LogP contribution in [0.2, 0.25) is 0 Å². The van der Waals surface area contributed by atoms with Gasteiger partial charge in [0.2, 0.25) is 0 Å². The zero-order chi connectivity index (χ0) is 17.2. The second kappa shape index (κ2) is 7.40. The van der Waals surface area contributed by atoms with Crippen LogP contribution >= 0.6 is 11.3 Å². The fourth-order valence-electron chi connectivity index (χ4n) is 3.45. The third kappa shape index (κ3) is 3.86. The predicted octanol–water partition coefficient (Wildman–Crippen LogP) is 2.82. The second-order valence-electron chi connectivity index (χ2n) is 7.26. The molecule has 0 saturated heterocycles. The first-order chi connectivity index (χ1) is 12.2. The van der Waals surface area contributed by atoms with Crippen LogP contribution in [0.15, 0.2) is 17.5 Å². The van der Waals surface area contributed by atoms with Gasteiger partial charge in [0.05, 0.1) is 11.7 Å². The molecule has 25 heavy (non-hydrogen) atoms. The van der Waals surface area contributed by atoms with E-state index in [-0.39, 0.29) is 0 Å². The van der Waals surface area contributed by atoms with Crippen molar-refractivity contribution in [3.05, 3.63) is 39.5 Å². The second-order valence-corrected chi connectivity index (χ2v) is 8.23. The summed E-state index contributed by atoms with van der Waals surface area (Å²) < 4.78 is 0. The van der Waals surface area contributed by atoms with Crippen molar-refractivity contribution in [3.8, 4) is 0 Å². The van der Waals surface area contributed by atoms with E-state index in [1.165, 1.54) is 29.0 Å². The van der Waals surface area contributed by atoms with Crippen LogP contribution in [0.25, 0.3) is 0 Å². The number of nitrogens with zero attached hydrogens (tertiary/aromatic N) is 3. The largest absolute Gasteiger partial charge is 0.368 e. The molecule has 1 fully saturated rings. The minimum atomic E-state index is 0.360. The minimum absolute atomic E-state index is 0.360. The molecular weight excluding hydrogens is 330 g/mol. The summed E-state index contributed by atoms with van der Waals surface area (Å²) in [5.74, 6) is 2.71. The van der Waals surface area contributed by atoms with Crippen LogP contribution in [-0.4, -0.2) is 48.6 Å². The third-order valence-corrected chi connectivity index (χ3v) is 6.07. The van der Waals surface area contributed by atoms with Crippen molar-refractivity contribution >= 4 is 17.2 Å². The highest BCUT2D eigenvalue weighted by molar-refractivity contribution is 7.10. The van der Waals surface area contributed by atoms with Crippen LogP contribution in [0.5, 0.6) is 0 Å². The van der Waals surface area contributed by atoms with E-state index >= 15 is 0 Å². The van der Waals surface area contributed by atoms with Gasteiger partial charge in [0.15, 0.2) is 0 Å². The van der Waals surface area contributed by atoms with Crippen LogP contribution in [0.4, 0.5) is 5.82 Å². The molecule has 0 bridgehead atoms. The number of hydrogen-bond donors (Lipinski definition) is 2. The zero-order valence-corrected chi connectivity index (χ0v) is 15.9. The van der Waals surface area contributed by atoms with E-state index in [4.69, 9.17) is 9.97 Å². The van der Waals surface area contributed by atoms with E-state index < -0.39 is 0 Å². The molecule has 2 aromatic rings. The first-order valence-corrected chi connectivity index (χ1v) is 10.1. The molecule has 4 rings (SSSR count). The Labute approximate surface area is 153 Å². The van der Waals surface area contributed by atoms with Crippen molar-refractivity contribution in [3.63, 3.8) is 0 Å². The maximum absolute atomic E-state index is 4.94. The van der Waals surface area contributed by atoms with E-state index in [1.54, 1.807) is 0 Å². The lowest BCUT2D eigenvalue weighted by Crippen LogP contribution is -2.27. The summed E-state index contributed by atoms with van der Waals surface area (Å²) in [6.07, 6.45) is 4.50. The molecule has 1 unspecified atom stereocenters. The highest BCUT2D eigenvalue weighted by Gasteiger charge is 2.29. The summed E-state index contributed by atoms with van der Waals surface area (Å²) in [5, 5.41) is 9.32. The Hall–Kier alpha value is -1.50. The Morgan fingerprint density at radius 2 is 2.12 bits per heavy atom. The lowest BCUT2D eigenvalue weighted by molar-refractivity contribution is 0.316. The van der Waals surface area contributed by atoms with Gasteiger partial charge in [-0.2, -0.15) is 0 Å². The summed E-state index contributed by atoms with van der Waals surface area (Å²) in [4.78, 5) is 13.5. The van der Waals surface area contributed by atoms with Gasteiger partial charge < -0.3 is 15.5 Å². The van der Waals surface area contributed by atoms with Gasteiger partial charge in [0.1, 0.15) is 11.6 Å². The quantitative estimate of drug-likeness (QED) is 0.833. The molecule has 0 aromatic carbocycles. The molecule has 134 valence electrons. The minimum Gasteiger partial charge on any atom is -0.368 e.